The molecule has 138 valence electrons. The Kier molecular flexibility index (Phi) is 5.66. The fourth-order valence-electron chi connectivity index (χ4n) is 4.16. The Hall–Kier alpha value is -1.88. The lowest BCUT2D eigenvalue weighted by Crippen LogP contribution is -2.31. The largest absolute Gasteiger partial charge is 0.326 e. The molecule has 2 aliphatic rings. The number of amides is 1. The van der Waals surface area contributed by atoms with Gasteiger partial charge in [0.2, 0.25) is 5.91 Å². The van der Waals surface area contributed by atoms with Gasteiger partial charge in [0.05, 0.1) is 0 Å². The number of benzene rings is 2. The van der Waals surface area contributed by atoms with Crippen molar-refractivity contribution in [1.82, 2.24) is 4.90 Å². The third-order valence-corrected chi connectivity index (χ3v) is 5.56. The summed E-state index contributed by atoms with van der Waals surface area (Å²) in [7, 11) is 1.87. The molecule has 0 unspecified atom stereocenters. The first kappa shape index (κ1) is 18.9. The summed E-state index contributed by atoms with van der Waals surface area (Å²) < 4.78 is 0. The smallest absolute Gasteiger partial charge is 0.227 e. The summed E-state index contributed by atoms with van der Waals surface area (Å²) in [6, 6.07) is 17.3. The first-order valence-corrected chi connectivity index (χ1v) is 9.03. The standard InChI is InChI=1S/C21H25N3O.ClH/c1-23-20-9-7-15(11-17(20)8-10-21(23)25)12-24-13-18(19(22)14-24)16-5-3-2-4-6-16;/h2-7,9,11,18-19H,8,10,12-14,22H2,1H3;1H/t18-,19+;/m0./s1. The van der Waals surface area contributed by atoms with Crippen LogP contribution in [-0.2, 0) is 17.8 Å². The Labute approximate surface area is 161 Å². The van der Waals surface area contributed by atoms with Crippen molar-refractivity contribution in [3.05, 3.63) is 65.2 Å². The summed E-state index contributed by atoms with van der Waals surface area (Å²) in [5.41, 5.74) is 11.4. The van der Waals surface area contributed by atoms with E-state index in [2.05, 4.69) is 53.4 Å². The van der Waals surface area contributed by atoms with Crippen LogP contribution in [-0.4, -0.2) is 37.0 Å². The Morgan fingerprint density at radius 1 is 1.08 bits per heavy atom. The molecular weight excluding hydrogens is 346 g/mol. The number of fused-ring (bicyclic) bond motifs is 1. The molecule has 1 fully saturated rings. The second-order valence-corrected chi connectivity index (χ2v) is 7.29. The SMILES string of the molecule is CN1C(=O)CCc2cc(CN3C[C@@H](N)[C@H](c4ccccc4)C3)ccc21.Cl. The van der Waals surface area contributed by atoms with Gasteiger partial charge in [-0.05, 0) is 29.2 Å². The number of aryl methyl sites for hydroxylation is 1. The van der Waals surface area contributed by atoms with Gasteiger partial charge in [0.15, 0.2) is 0 Å². The Bertz CT molecular complexity index is 780. The van der Waals surface area contributed by atoms with Crippen molar-refractivity contribution in [2.24, 2.45) is 5.73 Å². The Morgan fingerprint density at radius 3 is 2.62 bits per heavy atom. The molecule has 0 spiro atoms. The van der Waals surface area contributed by atoms with Crippen LogP contribution in [0.15, 0.2) is 48.5 Å². The van der Waals surface area contributed by atoms with E-state index < -0.39 is 0 Å². The van der Waals surface area contributed by atoms with Crippen molar-refractivity contribution >= 4 is 24.0 Å². The predicted octanol–water partition coefficient (Wildman–Crippen LogP) is 2.94. The molecule has 0 aliphatic carbocycles. The average Bonchev–Trinajstić information content (AvgIpc) is 2.99. The molecule has 0 saturated carbocycles. The zero-order valence-electron chi connectivity index (χ0n) is 15.1. The second kappa shape index (κ2) is 7.78. The summed E-state index contributed by atoms with van der Waals surface area (Å²) >= 11 is 0. The van der Waals surface area contributed by atoms with Crippen molar-refractivity contribution in [3.63, 3.8) is 0 Å². The van der Waals surface area contributed by atoms with Gasteiger partial charge in [-0.15, -0.1) is 12.4 Å². The lowest BCUT2D eigenvalue weighted by Gasteiger charge is -2.26. The Balaban J connectivity index is 0.00000196. The van der Waals surface area contributed by atoms with Crippen LogP contribution in [0, 0.1) is 0 Å². The molecule has 2 atom stereocenters. The highest BCUT2D eigenvalue weighted by molar-refractivity contribution is 5.95. The third-order valence-electron chi connectivity index (χ3n) is 5.56. The minimum atomic E-state index is 0. The van der Waals surface area contributed by atoms with Crippen LogP contribution < -0.4 is 10.6 Å². The molecular formula is C21H26ClN3O. The molecule has 0 bridgehead atoms. The molecule has 0 aromatic heterocycles. The van der Waals surface area contributed by atoms with E-state index in [9.17, 15) is 4.79 Å². The maximum atomic E-state index is 11.8. The summed E-state index contributed by atoms with van der Waals surface area (Å²) in [4.78, 5) is 16.1. The van der Waals surface area contributed by atoms with Crippen LogP contribution >= 0.6 is 12.4 Å². The molecule has 2 aromatic carbocycles. The van der Waals surface area contributed by atoms with Crippen molar-refractivity contribution < 1.29 is 4.79 Å². The molecule has 26 heavy (non-hydrogen) atoms. The summed E-state index contributed by atoms with van der Waals surface area (Å²) in [6.07, 6.45) is 1.45. The molecule has 2 N–H and O–H groups in total. The van der Waals surface area contributed by atoms with Crippen LogP contribution in [0.4, 0.5) is 5.69 Å². The van der Waals surface area contributed by atoms with Crippen molar-refractivity contribution in [2.75, 3.05) is 25.0 Å². The van der Waals surface area contributed by atoms with Crippen LogP contribution in [0.2, 0.25) is 0 Å². The molecule has 2 aliphatic heterocycles. The molecule has 0 radical (unpaired) electrons. The van der Waals surface area contributed by atoms with Gasteiger partial charge >= 0.3 is 0 Å². The van der Waals surface area contributed by atoms with Crippen molar-refractivity contribution in [2.45, 2.75) is 31.3 Å². The van der Waals surface area contributed by atoms with Crippen LogP contribution in [0.5, 0.6) is 0 Å². The van der Waals surface area contributed by atoms with Gasteiger partial charge in [-0.2, -0.15) is 0 Å². The van der Waals surface area contributed by atoms with E-state index in [1.165, 1.54) is 16.7 Å². The predicted molar refractivity (Wildman–Crippen MR) is 108 cm³/mol. The van der Waals surface area contributed by atoms with Crippen molar-refractivity contribution in [1.29, 1.82) is 0 Å². The van der Waals surface area contributed by atoms with Crippen LogP contribution in [0.3, 0.4) is 0 Å². The number of halogens is 1. The van der Waals surface area contributed by atoms with Gasteiger partial charge in [-0.1, -0.05) is 42.5 Å². The topological polar surface area (TPSA) is 49.6 Å². The minimum absolute atomic E-state index is 0. The van der Waals surface area contributed by atoms with E-state index in [1.807, 2.05) is 7.05 Å². The summed E-state index contributed by atoms with van der Waals surface area (Å²) in [6.45, 7) is 2.84. The van der Waals surface area contributed by atoms with E-state index in [0.717, 1.165) is 31.7 Å². The number of carbonyl (C=O) groups excluding carboxylic acids is 1. The first-order chi connectivity index (χ1) is 12.1. The maximum absolute atomic E-state index is 11.8. The number of anilines is 1. The maximum Gasteiger partial charge on any atom is 0.227 e. The molecule has 5 heteroatoms. The number of rotatable bonds is 3. The van der Waals surface area contributed by atoms with Crippen molar-refractivity contribution in [3.8, 4) is 0 Å². The minimum Gasteiger partial charge on any atom is -0.326 e. The molecule has 1 amide bonds. The fraction of sp³-hybridized carbons (Fsp3) is 0.381. The average molecular weight is 372 g/mol. The molecule has 4 rings (SSSR count). The number of likely N-dealkylation sites (tertiary alicyclic amines) is 1. The summed E-state index contributed by atoms with van der Waals surface area (Å²) in [5.74, 6) is 0.610. The lowest BCUT2D eigenvalue weighted by molar-refractivity contribution is -0.118. The first-order valence-electron chi connectivity index (χ1n) is 9.03. The number of hydrogen-bond donors (Lipinski definition) is 1. The quantitative estimate of drug-likeness (QED) is 0.902. The number of nitrogens with zero attached hydrogens (tertiary/aromatic N) is 2. The molecule has 2 aromatic rings. The van der Waals surface area contributed by atoms with E-state index in [4.69, 9.17) is 5.73 Å². The number of carbonyl (C=O) groups is 1. The van der Waals surface area contributed by atoms with Gasteiger partial charge in [0.25, 0.3) is 0 Å². The molecule has 2 heterocycles. The van der Waals surface area contributed by atoms with Gasteiger partial charge in [-0.3, -0.25) is 9.69 Å². The molecule has 1 saturated heterocycles. The highest BCUT2D eigenvalue weighted by atomic mass is 35.5. The second-order valence-electron chi connectivity index (χ2n) is 7.29. The van der Waals surface area contributed by atoms with Gasteiger partial charge < -0.3 is 10.6 Å². The van der Waals surface area contributed by atoms with Crippen LogP contribution in [0.1, 0.15) is 29.0 Å². The van der Waals surface area contributed by atoms with E-state index in [0.29, 0.717) is 12.3 Å². The zero-order chi connectivity index (χ0) is 17.4. The zero-order valence-corrected chi connectivity index (χ0v) is 15.9. The molecule has 4 nitrogen and oxygen atoms in total. The lowest BCUT2D eigenvalue weighted by atomic mass is 9.95. The van der Waals surface area contributed by atoms with Gasteiger partial charge in [0, 0.05) is 50.7 Å². The Morgan fingerprint density at radius 2 is 1.85 bits per heavy atom. The highest BCUT2D eigenvalue weighted by Gasteiger charge is 2.31. The van der Waals surface area contributed by atoms with E-state index >= 15 is 0 Å². The van der Waals surface area contributed by atoms with E-state index in [-0.39, 0.29) is 24.4 Å². The van der Waals surface area contributed by atoms with E-state index in [1.54, 1.807) is 4.90 Å². The van der Waals surface area contributed by atoms with Gasteiger partial charge in [0.1, 0.15) is 0 Å². The number of hydrogen-bond acceptors (Lipinski definition) is 3. The summed E-state index contributed by atoms with van der Waals surface area (Å²) in [5, 5.41) is 0. The third kappa shape index (κ3) is 3.63. The fourth-order valence-corrected chi connectivity index (χ4v) is 4.16. The number of nitrogens with two attached hydrogens (primary N) is 1. The van der Waals surface area contributed by atoms with Gasteiger partial charge in [-0.25, -0.2) is 0 Å². The van der Waals surface area contributed by atoms with Crippen LogP contribution in [0.25, 0.3) is 0 Å². The highest BCUT2D eigenvalue weighted by Crippen LogP contribution is 2.30. The normalized spacial score (nSPS) is 22.8. The monoisotopic (exact) mass is 371 g/mol.